The molecule has 0 radical (unpaired) electrons. The highest BCUT2D eigenvalue weighted by Crippen LogP contribution is 2.09. The molecule has 0 aromatic heterocycles. The molecule has 0 aliphatic heterocycles. The molecule has 0 spiro atoms. The number of esters is 1. The highest BCUT2D eigenvalue weighted by Gasteiger charge is 2.10. The standard InChI is InChI=1S/C15H28O6/c1-3-20-15(17)21-14(16)11-9-7-5-4-6-8-10-12-19-13-18-2/h3-13H2,1-2H3. The number of carbonyl (C=O) groups excluding carboxylic acids is 2. The quantitative estimate of drug-likeness (QED) is 0.225. The first kappa shape index (κ1) is 19.9. The minimum Gasteiger partial charge on any atom is -0.434 e. The van der Waals surface area contributed by atoms with Crippen LogP contribution in [0.2, 0.25) is 0 Å². The van der Waals surface area contributed by atoms with Crippen LogP contribution < -0.4 is 0 Å². The second-order valence-corrected chi connectivity index (χ2v) is 4.70. The summed E-state index contributed by atoms with van der Waals surface area (Å²) in [5.41, 5.74) is 0. The molecule has 0 aliphatic rings. The first-order valence-corrected chi connectivity index (χ1v) is 7.64. The fraction of sp³-hybridized carbons (Fsp3) is 0.867. The maximum atomic E-state index is 11.2. The van der Waals surface area contributed by atoms with E-state index in [2.05, 4.69) is 9.47 Å². The van der Waals surface area contributed by atoms with E-state index in [0.717, 1.165) is 45.1 Å². The van der Waals surface area contributed by atoms with Gasteiger partial charge >= 0.3 is 12.1 Å². The van der Waals surface area contributed by atoms with Gasteiger partial charge in [-0.3, -0.25) is 4.79 Å². The van der Waals surface area contributed by atoms with Crippen molar-refractivity contribution in [3.8, 4) is 0 Å². The van der Waals surface area contributed by atoms with E-state index in [-0.39, 0.29) is 13.0 Å². The number of ether oxygens (including phenoxy) is 4. The summed E-state index contributed by atoms with van der Waals surface area (Å²) < 4.78 is 19.0. The maximum absolute atomic E-state index is 11.2. The molecule has 0 amide bonds. The number of unbranched alkanes of at least 4 members (excludes halogenated alkanes) is 6. The molecule has 0 atom stereocenters. The van der Waals surface area contributed by atoms with E-state index in [1.54, 1.807) is 14.0 Å². The van der Waals surface area contributed by atoms with Crippen LogP contribution in [-0.4, -0.2) is 39.2 Å². The third kappa shape index (κ3) is 15.1. The third-order valence-electron chi connectivity index (χ3n) is 2.83. The highest BCUT2D eigenvalue weighted by molar-refractivity contribution is 5.81. The highest BCUT2D eigenvalue weighted by atomic mass is 16.7. The van der Waals surface area contributed by atoms with Crippen molar-refractivity contribution in [3.63, 3.8) is 0 Å². The second kappa shape index (κ2) is 15.3. The topological polar surface area (TPSA) is 71.1 Å². The predicted molar refractivity (Wildman–Crippen MR) is 77.9 cm³/mol. The lowest BCUT2D eigenvalue weighted by Gasteiger charge is -2.04. The third-order valence-corrected chi connectivity index (χ3v) is 2.83. The van der Waals surface area contributed by atoms with Crippen LogP contribution in [0, 0.1) is 0 Å². The summed E-state index contributed by atoms with van der Waals surface area (Å²) >= 11 is 0. The van der Waals surface area contributed by atoms with Crippen LogP contribution in [0.1, 0.15) is 58.3 Å². The first-order valence-electron chi connectivity index (χ1n) is 7.64. The molecule has 0 rings (SSSR count). The average Bonchev–Trinajstić information content (AvgIpc) is 2.45. The van der Waals surface area contributed by atoms with Crippen LogP contribution in [0.3, 0.4) is 0 Å². The second-order valence-electron chi connectivity index (χ2n) is 4.70. The lowest BCUT2D eigenvalue weighted by atomic mass is 10.1. The van der Waals surface area contributed by atoms with Gasteiger partial charge in [-0.1, -0.05) is 32.1 Å². The van der Waals surface area contributed by atoms with Gasteiger partial charge in [-0.05, 0) is 19.8 Å². The van der Waals surface area contributed by atoms with Crippen LogP contribution in [0.4, 0.5) is 4.79 Å². The van der Waals surface area contributed by atoms with Crippen molar-refractivity contribution in [1.82, 2.24) is 0 Å². The minimum absolute atomic E-state index is 0.211. The molecular formula is C15H28O6. The Morgan fingerprint density at radius 3 is 2.14 bits per heavy atom. The Morgan fingerprint density at radius 2 is 1.52 bits per heavy atom. The lowest BCUT2D eigenvalue weighted by molar-refractivity contribution is -0.139. The summed E-state index contributed by atoms with van der Waals surface area (Å²) in [6.07, 6.45) is 6.69. The molecule has 0 N–H and O–H groups in total. The summed E-state index contributed by atoms with van der Waals surface area (Å²) in [4.78, 5) is 22.1. The zero-order chi connectivity index (χ0) is 15.8. The summed E-state index contributed by atoms with van der Waals surface area (Å²) in [5, 5.41) is 0. The summed E-state index contributed by atoms with van der Waals surface area (Å²) in [7, 11) is 1.61. The van der Waals surface area contributed by atoms with Gasteiger partial charge in [0, 0.05) is 20.1 Å². The SMILES string of the molecule is CCOC(=O)OC(=O)CCCCCCCCCOCOC. The molecule has 0 heterocycles. The molecule has 6 nitrogen and oxygen atoms in total. The van der Waals surface area contributed by atoms with E-state index in [0.29, 0.717) is 6.79 Å². The molecule has 0 bridgehead atoms. The fourth-order valence-corrected chi connectivity index (χ4v) is 1.79. The van der Waals surface area contributed by atoms with Gasteiger partial charge in [-0.25, -0.2) is 4.79 Å². The smallest absolute Gasteiger partial charge is 0.434 e. The summed E-state index contributed by atoms with van der Waals surface area (Å²) in [6, 6.07) is 0. The van der Waals surface area contributed by atoms with Crippen molar-refractivity contribution in [2.45, 2.75) is 58.3 Å². The molecule has 0 unspecified atom stereocenters. The van der Waals surface area contributed by atoms with Crippen molar-refractivity contribution < 1.29 is 28.5 Å². The largest absolute Gasteiger partial charge is 0.516 e. The molecule has 0 aromatic rings. The molecule has 0 aliphatic carbocycles. The van der Waals surface area contributed by atoms with Crippen LogP contribution in [-0.2, 0) is 23.7 Å². The summed E-state index contributed by atoms with van der Waals surface area (Å²) in [5.74, 6) is -0.510. The van der Waals surface area contributed by atoms with Gasteiger partial charge < -0.3 is 18.9 Å². The monoisotopic (exact) mass is 304 g/mol. The maximum Gasteiger partial charge on any atom is 0.516 e. The Hall–Kier alpha value is -1.14. The molecule has 0 saturated heterocycles. The van der Waals surface area contributed by atoms with E-state index < -0.39 is 12.1 Å². The Bertz CT molecular complexity index is 267. The van der Waals surface area contributed by atoms with Gasteiger partial charge in [-0.2, -0.15) is 0 Å². The molecule has 0 aromatic carbocycles. The van der Waals surface area contributed by atoms with Gasteiger partial charge in [0.15, 0.2) is 0 Å². The first-order chi connectivity index (χ1) is 10.2. The van der Waals surface area contributed by atoms with E-state index >= 15 is 0 Å². The fourth-order valence-electron chi connectivity index (χ4n) is 1.79. The van der Waals surface area contributed by atoms with Gasteiger partial charge in [0.1, 0.15) is 6.79 Å². The lowest BCUT2D eigenvalue weighted by Crippen LogP contribution is -2.13. The van der Waals surface area contributed by atoms with Gasteiger partial charge in [0.2, 0.25) is 0 Å². The summed E-state index contributed by atoms with van der Waals surface area (Å²) in [6.45, 7) is 2.98. The van der Waals surface area contributed by atoms with Gasteiger partial charge in [-0.15, -0.1) is 0 Å². The Kier molecular flexibility index (Phi) is 14.4. The molecule has 6 heteroatoms. The van der Waals surface area contributed by atoms with Crippen molar-refractivity contribution >= 4 is 12.1 Å². The van der Waals surface area contributed by atoms with E-state index in [1.165, 1.54) is 6.42 Å². The molecule has 124 valence electrons. The van der Waals surface area contributed by atoms with Crippen molar-refractivity contribution in [1.29, 1.82) is 0 Å². The van der Waals surface area contributed by atoms with Gasteiger partial charge in [0.25, 0.3) is 0 Å². The van der Waals surface area contributed by atoms with Crippen LogP contribution in [0.5, 0.6) is 0 Å². The number of hydrogen-bond acceptors (Lipinski definition) is 6. The Balaban J connectivity index is 3.21. The van der Waals surface area contributed by atoms with Crippen LogP contribution in [0.15, 0.2) is 0 Å². The average molecular weight is 304 g/mol. The normalized spacial score (nSPS) is 10.4. The van der Waals surface area contributed by atoms with Crippen molar-refractivity contribution in [2.75, 3.05) is 27.1 Å². The Labute approximate surface area is 127 Å². The van der Waals surface area contributed by atoms with Crippen LogP contribution >= 0.6 is 0 Å². The number of carbonyl (C=O) groups is 2. The van der Waals surface area contributed by atoms with Crippen molar-refractivity contribution in [2.24, 2.45) is 0 Å². The Morgan fingerprint density at radius 1 is 0.905 bits per heavy atom. The van der Waals surface area contributed by atoms with E-state index in [9.17, 15) is 9.59 Å². The molecular weight excluding hydrogens is 276 g/mol. The predicted octanol–water partition coefficient (Wildman–Crippen LogP) is 3.43. The molecule has 21 heavy (non-hydrogen) atoms. The molecule has 0 saturated carbocycles. The zero-order valence-corrected chi connectivity index (χ0v) is 13.2. The molecule has 0 fully saturated rings. The van der Waals surface area contributed by atoms with Gasteiger partial charge in [0.05, 0.1) is 6.61 Å². The number of hydrogen-bond donors (Lipinski definition) is 0. The van der Waals surface area contributed by atoms with E-state index in [1.807, 2.05) is 0 Å². The van der Waals surface area contributed by atoms with Crippen LogP contribution in [0.25, 0.3) is 0 Å². The number of methoxy groups -OCH3 is 1. The minimum atomic E-state index is -0.904. The number of rotatable bonds is 13. The van der Waals surface area contributed by atoms with Crippen molar-refractivity contribution in [3.05, 3.63) is 0 Å². The van der Waals surface area contributed by atoms with E-state index in [4.69, 9.17) is 9.47 Å². The zero-order valence-electron chi connectivity index (χ0n) is 13.2.